The summed E-state index contributed by atoms with van der Waals surface area (Å²) in [6.07, 6.45) is 1.50. The number of benzene rings is 2. The van der Waals surface area contributed by atoms with Crippen molar-refractivity contribution in [3.05, 3.63) is 56.1 Å². The highest BCUT2D eigenvalue weighted by molar-refractivity contribution is 14.1. The molecule has 0 aliphatic rings. The zero-order chi connectivity index (χ0) is 20.0. The topological polar surface area (TPSA) is 71.3 Å². The van der Waals surface area contributed by atoms with Crippen molar-refractivity contribution in [2.75, 3.05) is 12.4 Å². The fourth-order valence-electron chi connectivity index (χ4n) is 2.22. The van der Waals surface area contributed by atoms with Gasteiger partial charge in [0.1, 0.15) is 11.6 Å². The molecule has 0 spiro atoms. The maximum atomic E-state index is 12.4. The van der Waals surface area contributed by atoms with E-state index in [9.17, 15) is 10.1 Å². The van der Waals surface area contributed by atoms with Gasteiger partial charge in [-0.3, -0.25) is 4.79 Å². The number of nitriles is 1. The van der Waals surface area contributed by atoms with Crippen molar-refractivity contribution in [2.24, 2.45) is 0 Å². The van der Waals surface area contributed by atoms with Gasteiger partial charge in [-0.25, -0.2) is 0 Å². The molecule has 0 atom stereocenters. The molecule has 1 amide bonds. The largest absolute Gasteiger partial charge is 0.493 e. The Balaban J connectivity index is 2.31. The molecule has 0 saturated carbocycles. The van der Waals surface area contributed by atoms with Gasteiger partial charge in [0.15, 0.2) is 11.5 Å². The van der Waals surface area contributed by atoms with Crippen molar-refractivity contribution in [2.45, 2.75) is 20.0 Å². The van der Waals surface area contributed by atoms with Crippen molar-refractivity contribution in [3.8, 4) is 17.6 Å². The molecule has 2 rings (SSSR count). The summed E-state index contributed by atoms with van der Waals surface area (Å²) < 4.78 is 12.0. The summed E-state index contributed by atoms with van der Waals surface area (Å²) in [7, 11) is 1.55. The van der Waals surface area contributed by atoms with Crippen molar-refractivity contribution in [1.82, 2.24) is 0 Å². The molecule has 1 N–H and O–H groups in total. The SMILES string of the molecule is COc1cc(/C=C(\C#N)C(=O)Nc2ccc(Cl)cc2)cc(I)c1OC(C)C. The van der Waals surface area contributed by atoms with Gasteiger partial charge in [0.2, 0.25) is 0 Å². The van der Waals surface area contributed by atoms with E-state index >= 15 is 0 Å². The van der Waals surface area contributed by atoms with Crippen molar-refractivity contribution >= 4 is 51.9 Å². The molecule has 2 aromatic rings. The molecular weight excluding hydrogens is 479 g/mol. The van der Waals surface area contributed by atoms with E-state index in [-0.39, 0.29) is 11.7 Å². The number of anilines is 1. The summed E-state index contributed by atoms with van der Waals surface area (Å²) >= 11 is 7.97. The first-order valence-electron chi connectivity index (χ1n) is 8.07. The maximum absolute atomic E-state index is 12.4. The number of methoxy groups -OCH3 is 1. The van der Waals surface area contributed by atoms with Crippen LogP contribution in [-0.2, 0) is 4.79 Å². The number of nitrogens with zero attached hydrogens (tertiary/aromatic N) is 1. The number of carbonyl (C=O) groups excluding carboxylic acids is 1. The van der Waals surface area contributed by atoms with Gasteiger partial charge in [0.05, 0.1) is 16.8 Å². The minimum Gasteiger partial charge on any atom is -0.493 e. The Kier molecular flexibility index (Phi) is 7.51. The van der Waals surface area contributed by atoms with E-state index in [0.717, 1.165) is 3.57 Å². The minimum absolute atomic E-state index is 0.00590. The maximum Gasteiger partial charge on any atom is 0.266 e. The van der Waals surface area contributed by atoms with Crippen LogP contribution in [0.4, 0.5) is 5.69 Å². The Morgan fingerprint density at radius 2 is 1.96 bits per heavy atom. The summed E-state index contributed by atoms with van der Waals surface area (Å²) in [6.45, 7) is 3.86. The molecule has 2 aromatic carbocycles. The van der Waals surface area contributed by atoms with Crippen LogP contribution in [0.2, 0.25) is 5.02 Å². The number of carbonyl (C=O) groups is 1. The molecule has 0 saturated heterocycles. The lowest BCUT2D eigenvalue weighted by molar-refractivity contribution is -0.112. The highest BCUT2D eigenvalue weighted by Crippen LogP contribution is 2.35. The Morgan fingerprint density at radius 3 is 2.52 bits per heavy atom. The standard InChI is InChI=1S/C20H18ClIN2O3/c1-12(2)27-19-17(22)9-13(10-18(19)26-3)8-14(11-23)20(25)24-16-6-4-15(21)5-7-16/h4-10,12H,1-3H3,(H,24,25)/b14-8+. The molecule has 0 aromatic heterocycles. The molecule has 5 nitrogen and oxygen atoms in total. The minimum atomic E-state index is -0.503. The van der Waals surface area contributed by atoms with Crippen LogP contribution in [0.15, 0.2) is 42.0 Å². The van der Waals surface area contributed by atoms with Crippen molar-refractivity contribution in [3.63, 3.8) is 0 Å². The Hall–Kier alpha value is -2.24. The average molecular weight is 497 g/mol. The second-order valence-corrected chi connectivity index (χ2v) is 7.43. The molecular formula is C20H18ClIN2O3. The van der Waals surface area contributed by atoms with Gasteiger partial charge < -0.3 is 14.8 Å². The van der Waals surface area contributed by atoms with E-state index in [1.54, 1.807) is 37.4 Å². The average Bonchev–Trinajstić information content (AvgIpc) is 2.63. The molecule has 0 heterocycles. The molecule has 0 fully saturated rings. The van der Waals surface area contributed by atoms with Gasteiger partial charge in [-0.15, -0.1) is 0 Å². The van der Waals surface area contributed by atoms with Gasteiger partial charge in [0.25, 0.3) is 5.91 Å². The van der Waals surface area contributed by atoms with E-state index in [1.165, 1.54) is 6.08 Å². The van der Waals surface area contributed by atoms with Crippen LogP contribution in [0.25, 0.3) is 6.08 Å². The van der Waals surface area contributed by atoms with Crippen LogP contribution in [-0.4, -0.2) is 19.1 Å². The molecule has 7 heteroatoms. The van der Waals surface area contributed by atoms with Crippen LogP contribution >= 0.6 is 34.2 Å². The lowest BCUT2D eigenvalue weighted by atomic mass is 10.1. The first-order valence-corrected chi connectivity index (χ1v) is 9.52. The van der Waals surface area contributed by atoms with Crippen LogP contribution in [0, 0.1) is 14.9 Å². The first kappa shape index (κ1) is 21.1. The fourth-order valence-corrected chi connectivity index (χ4v) is 3.10. The molecule has 0 aliphatic carbocycles. The quantitative estimate of drug-likeness (QED) is 0.335. The highest BCUT2D eigenvalue weighted by Gasteiger charge is 2.15. The molecule has 0 unspecified atom stereocenters. The number of ether oxygens (including phenoxy) is 2. The molecule has 0 bridgehead atoms. The number of hydrogen-bond donors (Lipinski definition) is 1. The Bertz CT molecular complexity index is 903. The van der Waals surface area contributed by atoms with Crippen LogP contribution in [0.1, 0.15) is 19.4 Å². The summed E-state index contributed by atoms with van der Waals surface area (Å²) in [4.78, 5) is 12.4. The summed E-state index contributed by atoms with van der Waals surface area (Å²) in [5.41, 5.74) is 1.19. The summed E-state index contributed by atoms with van der Waals surface area (Å²) in [5, 5.41) is 12.6. The van der Waals surface area contributed by atoms with E-state index in [2.05, 4.69) is 27.9 Å². The monoisotopic (exact) mass is 496 g/mol. The van der Waals surface area contributed by atoms with Gasteiger partial charge in [0, 0.05) is 10.7 Å². The smallest absolute Gasteiger partial charge is 0.266 e. The first-order chi connectivity index (χ1) is 12.8. The van der Waals surface area contributed by atoms with E-state index in [0.29, 0.717) is 27.8 Å². The second kappa shape index (κ2) is 9.62. The third-order valence-corrected chi connectivity index (χ3v) is 4.44. The van der Waals surface area contributed by atoms with Crippen molar-refractivity contribution < 1.29 is 14.3 Å². The number of nitrogens with one attached hydrogen (secondary N) is 1. The van der Waals surface area contributed by atoms with Crippen molar-refractivity contribution in [1.29, 1.82) is 5.26 Å². The highest BCUT2D eigenvalue weighted by atomic mass is 127. The van der Waals surface area contributed by atoms with E-state index < -0.39 is 5.91 Å². The fraction of sp³-hybridized carbons (Fsp3) is 0.200. The van der Waals surface area contributed by atoms with Crippen LogP contribution in [0.3, 0.4) is 0 Å². The van der Waals surface area contributed by atoms with E-state index in [1.807, 2.05) is 26.0 Å². The number of amides is 1. The summed E-state index contributed by atoms with van der Waals surface area (Å²) in [5.74, 6) is 0.669. The number of hydrogen-bond acceptors (Lipinski definition) is 4. The van der Waals surface area contributed by atoms with Gasteiger partial charge in [-0.05, 0) is 84.5 Å². The number of halogens is 2. The predicted molar refractivity (Wildman–Crippen MR) is 115 cm³/mol. The van der Waals surface area contributed by atoms with Crippen LogP contribution < -0.4 is 14.8 Å². The predicted octanol–water partition coefficient (Wildman–Crippen LogP) is 5.29. The lowest BCUT2D eigenvalue weighted by Gasteiger charge is -2.16. The Labute approximate surface area is 177 Å². The third kappa shape index (κ3) is 5.88. The van der Waals surface area contributed by atoms with Gasteiger partial charge in [-0.2, -0.15) is 5.26 Å². The zero-order valence-electron chi connectivity index (χ0n) is 15.0. The molecule has 0 aliphatic heterocycles. The molecule has 27 heavy (non-hydrogen) atoms. The lowest BCUT2D eigenvalue weighted by Crippen LogP contribution is -2.13. The zero-order valence-corrected chi connectivity index (χ0v) is 18.0. The van der Waals surface area contributed by atoms with Gasteiger partial charge >= 0.3 is 0 Å². The third-order valence-electron chi connectivity index (χ3n) is 3.38. The van der Waals surface area contributed by atoms with E-state index in [4.69, 9.17) is 21.1 Å². The summed E-state index contributed by atoms with van der Waals surface area (Å²) in [6, 6.07) is 12.1. The molecule has 140 valence electrons. The normalized spacial score (nSPS) is 11.1. The second-order valence-electron chi connectivity index (χ2n) is 5.83. The van der Waals surface area contributed by atoms with Gasteiger partial charge in [-0.1, -0.05) is 11.6 Å². The van der Waals surface area contributed by atoms with Crippen LogP contribution in [0.5, 0.6) is 11.5 Å². The Morgan fingerprint density at radius 1 is 1.30 bits per heavy atom. The molecule has 0 radical (unpaired) electrons. The number of rotatable bonds is 6.